The summed E-state index contributed by atoms with van der Waals surface area (Å²) >= 11 is 0. The molecule has 0 N–H and O–H groups in total. The summed E-state index contributed by atoms with van der Waals surface area (Å²) in [6.07, 6.45) is 6.83. The molecule has 0 aromatic heterocycles. The van der Waals surface area contributed by atoms with Crippen LogP contribution < -0.4 is 0 Å². The molecular formula is C8H12O2. The average molecular weight is 140 g/mol. The van der Waals surface area contributed by atoms with Gasteiger partial charge in [-0.15, -0.1) is 0 Å². The summed E-state index contributed by atoms with van der Waals surface area (Å²) in [6.45, 7) is 0. The van der Waals surface area contributed by atoms with Crippen LogP contribution in [-0.2, 0) is 9.47 Å². The van der Waals surface area contributed by atoms with Gasteiger partial charge in [0.2, 0.25) is 0 Å². The fourth-order valence-electron chi connectivity index (χ4n) is 2.48. The van der Waals surface area contributed by atoms with Crippen LogP contribution in [0.4, 0.5) is 0 Å². The molecule has 0 saturated carbocycles. The predicted molar refractivity (Wildman–Crippen MR) is 35.8 cm³/mol. The van der Waals surface area contributed by atoms with Crippen molar-refractivity contribution in [1.82, 2.24) is 0 Å². The van der Waals surface area contributed by atoms with Crippen LogP contribution in [0.15, 0.2) is 0 Å². The molecule has 3 aliphatic rings. The van der Waals surface area contributed by atoms with E-state index in [4.69, 9.17) is 9.47 Å². The molecule has 4 unspecified atom stereocenters. The van der Waals surface area contributed by atoms with Crippen LogP contribution in [-0.4, -0.2) is 24.4 Å². The summed E-state index contributed by atoms with van der Waals surface area (Å²) < 4.78 is 11.5. The maximum absolute atomic E-state index is 5.75. The van der Waals surface area contributed by atoms with Crippen LogP contribution in [0.3, 0.4) is 0 Å². The summed E-state index contributed by atoms with van der Waals surface area (Å²) in [6, 6.07) is 0. The lowest BCUT2D eigenvalue weighted by molar-refractivity contribution is -0.0766. The topological polar surface area (TPSA) is 18.5 Å². The van der Waals surface area contributed by atoms with Gasteiger partial charge in [0, 0.05) is 6.42 Å². The highest BCUT2D eigenvalue weighted by atomic mass is 16.6. The molecule has 3 heterocycles. The molecule has 0 aromatic carbocycles. The quantitative estimate of drug-likeness (QED) is 0.501. The molecule has 3 saturated heterocycles. The van der Waals surface area contributed by atoms with Gasteiger partial charge in [0.15, 0.2) is 0 Å². The van der Waals surface area contributed by atoms with E-state index in [0.29, 0.717) is 24.4 Å². The Hall–Kier alpha value is -0.0800. The zero-order valence-electron chi connectivity index (χ0n) is 5.95. The second kappa shape index (κ2) is 1.74. The summed E-state index contributed by atoms with van der Waals surface area (Å²) in [5.41, 5.74) is 0. The minimum absolute atomic E-state index is 0.462. The molecular weight excluding hydrogens is 128 g/mol. The van der Waals surface area contributed by atoms with Crippen LogP contribution in [0.2, 0.25) is 0 Å². The molecule has 2 heteroatoms. The second-order valence-corrected chi connectivity index (χ2v) is 3.64. The number of rotatable bonds is 0. The molecule has 2 nitrogen and oxygen atoms in total. The highest BCUT2D eigenvalue weighted by molar-refractivity contribution is 4.94. The van der Waals surface area contributed by atoms with Crippen molar-refractivity contribution in [2.45, 2.75) is 50.1 Å². The minimum atomic E-state index is 0.462. The fraction of sp³-hybridized carbons (Fsp3) is 1.00. The largest absolute Gasteiger partial charge is 0.372 e. The Morgan fingerprint density at radius 3 is 2.70 bits per heavy atom. The van der Waals surface area contributed by atoms with Gasteiger partial charge < -0.3 is 9.47 Å². The molecule has 0 amide bonds. The summed E-state index contributed by atoms with van der Waals surface area (Å²) in [5, 5.41) is 0. The summed E-state index contributed by atoms with van der Waals surface area (Å²) in [7, 11) is 0. The van der Waals surface area contributed by atoms with E-state index in [0.717, 1.165) is 6.42 Å². The molecule has 0 spiro atoms. The fourth-order valence-corrected chi connectivity index (χ4v) is 2.48. The lowest BCUT2D eigenvalue weighted by Gasteiger charge is -2.32. The Morgan fingerprint density at radius 1 is 0.800 bits per heavy atom. The molecule has 0 aliphatic carbocycles. The number of hydrogen-bond acceptors (Lipinski definition) is 2. The van der Waals surface area contributed by atoms with Crippen LogP contribution in [0.5, 0.6) is 0 Å². The molecule has 0 aromatic rings. The second-order valence-electron chi connectivity index (χ2n) is 3.64. The normalized spacial score (nSPS) is 57.6. The predicted octanol–water partition coefficient (Wildman–Crippen LogP) is 1.10. The van der Waals surface area contributed by atoms with Crippen molar-refractivity contribution in [3.8, 4) is 0 Å². The molecule has 3 fully saturated rings. The zero-order valence-corrected chi connectivity index (χ0v) is 5.95. The van der Waals surface area contributed by atoms with Crippen LogP contribution in [0.25, 0.3) is 0 Å². The molecule has 10 heavy (non-hydrogen) atoms. The van der Waals surface area contributed by atoms with Gasteiger partial charge in [-0.05, 0) is 19.3 Å². The molecule has 0 radical (unpaired) electrons. The molecule has 3 bridgehead atoms. The molecule has 3 aliphatic heterocycles. The van der Waals surface area contributed by atoms with Gasteiger partial charge >= 0.3 is 0 Å². The van der Waals surface area contributed by atoms with E-state index < -0.39 is 0 Å². The monoisotopic (exact) mass is 140 g/mol. The van der Waals surface area contributed by atoms with Gasteiger partial charge in [0.1, 0.15) is 0 Å². The van der Waals surface area contributed by atoms with E-state index in [9.17, 15) is 0 Å². The van der Waals surface area contributed by atoms with E-state index in [2.05, 4.69) is 0 Å². The first-order valence-electron chi connectivity index (χ1n) is 4.23. The highest BCUT2D eigenvalue weighted by Gasteiger charge is 2.46. The average Bonchev–Trinajstić information content (AvgIpc) is 2.11. The first kappa shape index (κ1) is 5.56. The number of hydrogen-bond donors (Lipinski definition) is 0. The summed E-state index contributed by atoms with van der Waals surface area (Å²) in [5.74, 6) is 0. The van der Waals surface area contributed by atoms with Crippen molar-refractivity contribution in [2.24, 2.45) is 0 Å². The van der Waals surface area contributed by atoms with Crippen molar-refractivity contribution < 1.29 is 9.47 Å². The number of fused-ring (bicyclic) bond motifs is 2. The first-order valence-corrected chi connectivity index (χ1v) is 4.23. The maximum atomic E-state index is 5.75. The maximum Gasteiger partial charge on any atom is 0.0865 e. The van der Waals surface area contributed by atoms with Crippen molar-refractivity contribution in [3.63, 3.8) is 0 Å². The van der Waals surface area contributed by atoms with E-state index in [1.807, 2.05) is 0 Å². The van der Waals surface area contributed by atoms with Crippen molar-refractivity contribution in [2.75, 3.05) is 0 Å². The van der Waals surface area contributed by atoms with Gasteiger partial charge in [0.25, 0.3) is 0 Å². The molecule has 4 atom stereocenters. The Balaban J connectivity index is 1.94. The van der Waals surface area contributed by atoms with Crippen LogP contribution in [0, 0.1) is 0 Å². The Bertz CT molecular complexity index is 147. The summed E-state index contributed by atoms with van der Waals surface area (Å²) in [4.78, 5) is 0. The van der Waals surface area contributed by atoms with Crippen LogP contribution in [0.1, 0.15) is 25.7 Å². The van der Waals surface area contributed by atoms with Gasteiger partial charge in [-0.1, -0.05) is 0 Å². The smallest absolute Gasteiger partial charge is 0.0865 e. The first-order chi connectivity index (χ1) is 4.92. The van der Waals surface area contributed by atoms with Gasteiger partial charge in [0.05, 0.1) is 24.4 Å². The third kappa shape index (κ3) is 0.611. The van der Waals surface area contributed by atoms with Crippen molar-refractivity contribution in [1.29, 1.82) is 0 Å². The number of ether oxygens (including phenoxy) is 2. The lowest BCUT2D eigenvalue weighted by atomic mass is 9.92. The minimum Gasteiger partial charge on any atom is -0.372 e. The van der Waals surface area contributed by atoms with Crippen molar-refractivity contribution in [3.05, 3.63) is 0 Å². The van der Waals surface area contributed by atoms with Crippen molar-refractivity contribution >= 4 is 0 Å². The van der Waals surface area contributed by atoms with Crippen LogP contribution >= 0.6 is 0 Å². The Labute approximate surface area is 60.5 Å². The van der Waals surface area contributed by atoms with E-state index in [1.165, 1.54) is 19.3 Å². The highest BCUT2D eigenvalue weighted by Crippen LogP contribution is 2.40. The Morgan fingerprint density at radius 2 is 1.70 bits per heavy atom. The molecule has 56 valence electrons. The van der Waals surface area contributed by atoms with Gasteiger partial charge in [-0.2, -0.15) is 0 Å². The van der Waals surface area contributed by atoms with Gasteiger partial charge in [-0.3, -0.25) is 0 Å². The third-order valence-electron chi connectivity index (χ3n) is 2.94. The third-order valence-corrected chi connectivity index (χ3v) is 2.94. The Kier molecular flexibility index (Phi) is 0.968. The van der Waals surface area contributed by atoms with E-state index in [-0.39, 0.29) is 0 Å². The van der Waals surface area contributed by atoms with E-state index >= 15 is 0 Å². The molecule has 3 rings (SSSR count). The lowest BCUT2D eigenvalue weighted by Crippen LogP contribution is -2.37. The van der Waals surface area contributed by atoms with E-state index in [1.54, 1.807) is 0 Å². The van der Waals surface area contributed by atoms with Gasteiger partial charge in [-0.25, -0.2) is 0 Å². The SMILES string of the molecule is C1CC2OC3CC1OC2C3. The standard InChI is InChI=1S/C8H12O2/c1-2-7-8-4-6(10-7)3-5(1)9-8/h5-8H,1-4H2. The zero-order chi connectivity index (χ0) is 6.55.